The molecule has 0 unspecified atom stereocenters. The van der Waals surface area contributed by atoms with Gasteiger partial charge in [-0.2, -0.15) is 0 Å². The maximum Gasteiger partial charge on any atom is 0.306 e. The van der Waals surface area contributed by atoms with Crippen LogP contribution in [0.5, 0.6) is 0 Å². The average Bonchev–Trinajstić information content (AvgIpc) is 2.55. The molecule has 1 aromatic carbocycles. The number of amides is 1. The van der Waals surface area contributed by atoms with Crippen LogP contribution in [-0.4, -0.2) is 35.0 Å². The number of hydrogen-bond donors (Lipinski definition) is 1. The Morgan fingerprint density at radius 2 is 1.86 bits per heavy atom. The van der Waals surface area contributed by atoms with Gasteiger partial charge in [0.15, 0.2) is 0 Å². The van der Waals surface area contributed by atoms with Crippen LogP contribution in [0.2, 0.25) is 0 Å². The Morgan fingerprint density at radius 1 is 1.14 bits per heavy atom. The van der Waals surface area contributed by atoms with Crippen LogP contribution in [0.25, 0.3) is 0 Å². The summed E-state index contributed by atoms with van der Waals surface area (Å²) in [6.45, 7) is 1.17. The molecule has 118 valence electrons. The molecule has 1 fully saturated rings. The van der Waals surface area contributed by atoms with Crippen LogP contribution in [0.3, 0.4) is 0 Å². The minimum absolute atomic E-state index is 0.186. The molecule has 0 aromatic heterocycles. The van der Waals surface area contributed by atoms with Gasteiger partial charge in [0.05, 0.1) is 5.92 Å². The summed E-state index contributed by atoms with van der Waals surface area (Å²) in [4.78, 5) is 25.4. The zero-order valence-electron chi connectivity index (χ0n) is 12.8. The van der Waals surface area contributed by atoms with Crippen LogP contribution < -0.4 is 0 Å². The van der Waals surface area contributed by atoms with E-state index in [-0.39, 0.29) is 11.8 Å². The molecule has 0 saturated carbocycles. The number of carboxylic acids is 1. The number of aryl methyl sites for hydroxylation is 1. The largest absolute Gasteiger partial charge is 0.481 e. The second-order valence-corrected chi connectivity index (χ2v) is 6.49. The molecule has 0 spiro atoms. The molecule has 22 heavy (non-hydrogen) atoms. The third-order valence-electron chi connectivity index (χ3n) is 5.11. The standard InChI is InChI=1S/C18H23NO3/c20-17(19-10-8-14(9-11-19)18(21)22)12-15-6-3-5-13-4-1-2-7-16(13)15/h1-2,4,7,14-15H,3,5-6,8-12H2,(H,21,22)/t15-/m0/s1. The van der Waals surface area contributed by atoms with Crippen LogP contribution in [0.15, 0.2) is 24.3 Å². The van der Waals surface area contributed by atoms with Crippen molar-refractivity contribution in [2.75, 3.05) is 13.1 Å². The van der Waals surface area contributed by atoms with Gasteiger partial charge in [-0.3, -0.25) is 9.59 Å². The van der Waals surface area contributed by atoms with Crippen molar-refractivity contribution in [2.45, 2.75) is 44.4 Å². The van der Waals surface area contributed by atoms with Crippen molar-refractivity contribution in [1.29, 1.82) is 0 Å². The number of hydrogen-bond acceptors (Lipinski definition) is 2. The monoisotopic (exact) mass is 301 g/mol. The highest BCUT2D eigenvalue weighted by Crippen LogP contribution is 2.34. The molecule has 1 amide bonds. The zero-order valence-corrected chi connectivity index (χ0v) is 12.8. The third-order valence-corrected chi connectivity index (χ3v) is 5.11. The molecule has 1 aliphatic heterocycles. The van der Waals surface area contributed by atoms with Crippen LogP contribution in [0, 0.1) is 5.92 Å². The smallest absolute Gasteiger partial charge is 0.306 e. The first kappa shape index (κ1) is 15.1. The highest BCUT2D eigenvalue weighted by molar-refractivity contribution is 5.78. The van der Waals surface area contributed by atoms with Crippen molar-refractivity contribution in [3.8, 4) is 0 Å². The average molecular weight is 301 g/mol. The van der Waals surface area contributed by atoms with E-state index in [0.717, 1.165) is 19.3 Å². The number of nitrogens with zero attached hydrogens (tertiary/aromatic N) is 1. The molecule has 0 radical (unpaired) electrons. The van der Waals surface area contributed by atoms with Crippen LogP contribution in [0.1, 0.15) is 49.1 Å². The van der Waals surface area contributed by atoms with Gasteiger partial charge in [0.2, 0.25) is 5.91 Å². The van der Waals surface area contributed by atoms with E-state index in [1.165, 1.54) is 11.1 Å². The minimum atomic E-state index is -0.728. The molecule has 3 rings (SSSR count). The molecule has 1 aromatic rings. The van der Waals surface area contributed by atoms with Gasteiger partial charge in [-0.05, 0) is 49.1 Å². The predicted molar refractivity (Wildman–Crippen MR) is 83.7 cm³/mol. The first-order valence-corrected chi connectivity index (χ1v) is 8.23. The van der Waals surface area contributed by atoms with Crippen molar-refractivity contribution in [3.63, 3.8) is 0 Å². The fourth-order valence-electron chi connectivity index (χ4n) is 3.78. The molecule has 2 aliphatic rings. The van der Waals surface area contributed by atoms with Gasteiger partial charge < -0.3 is 10.0 Å². The highest BCUT2D eigenvalue weighted by Gasteiger charge is 2.29. The van der Waals surface area contributed by atoms with E-state index in [2.05, 4.69) is 24.3 Å². The Morgan fingerprint density at radius 3 is 2.59 bits per heavy atom. The summed E-state index contributed by atoms with van der Waals surface area (Å²) < 4.78 is 0. The number of fused-ring (bicyclic) bond motifs is 1. The first-order valence-electron chi connectivity index (χ1n) is 8.23. The van der Waals surface area contributed by atoms with Crippen LogP contribution in [-0.2, 0) is 16.0 Å². The minimum Gasteiger partial charge on any atom is -0.481 e. The number of rotatable bonds is 3. The third kappa shape index (κ3) is 3.16. The van der Waals surface area contributed by atoms with E-state index in [1.54, 1.807) is 0 Å². The Labute approximate surface area is 131 Å². The number of carbonyl (C=O) groups is 2. The molecule has 4 heteroatoms. The summed E-state index contributed by atoms with van der Waals surface area (Å²) >= 11 is 0. The van der Waals surface area contributed by atoms with E-state index in [9.17, 15) is 9.59 Å². The maximum atomic E-state index is 12.5. The summed E-state index contributed by atoms with van der Waals surface area (Å²) in [6, 6.07) is 8.45. The van der Waals surface area contributed by atoms with Gasteiger partial charge in [-0.25, -0.2) is 0 Å². The second-order valence-electron chi connectivity index (χ2n) is 6.49. The Bertz CT molecular complexity index is 561. The molecule has 1 atom stereocenters. The maximum absolute atomic E-state index is 12.5. The van der Waals surface area contributed by atoms with Crippen molar-refractivity contribution >= 4 is 11.9 Å². The number of benzene rings is 1. The first-order chi connectivity index (χ1) is 10.6. The number of likely N-dealkylation sites (tertiary alicyclic amines) is 1. The SMILES string of the molecule is O=C(O)C1CCN(C(=O)C[C@@H]2CCCc3ccccc32)CC1. The fourth-order valence-corrected chi connectivity index (χ4v) is 3.78. The van der Waals surface area contributed by atoms with Gasteiger partial charge in [0.25, 0.3) is 0 Å². The van der Waals surface area contributed by atoms with Crippen LogP contribution >= 0.6 is 0 Å². The van der Waals surface area contributed by atoms with E-state index in [1.807, 2.05) is 4.90 Å². The van der Waals surface area contributed by atoms with E-state index in [4.69, 9.17) is 5.11 Å². The number of piperidine rings is 1. The second kappa shape index (κ2) is 6.51. The molecular formula is C18H23NO3. The lowest BCUT2D eigenvalue weighted by atomic mass is 9.81. The Kier molecular flexibility index (Phi) is 4.46. The van der Waals surface area contributed by atoms with Crippen molar-refractivity contribution in [3.05, 3.63) is 35.4 Å². The molecule has 1 aliphatic carbocycles. The molecular weight excluding hydrogens is 278 g/mol. The lowest BCUT2D eigenvalue weighted by Crippen LogP contribution is -2.40. The van der Waals surface area contributed by atoms with Gasteiger partial charge >= 0.3 is 5.97 Å². The number of carbonyl (C=O) groups excluding carboxylic acids is 1. The molecule has 1 heterocycles. The van der Waals surface area contributed by atoms with E-state index >= 15 is 0 Å². The lowest BCUT2D eigenvalue weighted by molar-refractivity contribution is -0.145. The topological polar surface area (TPSA) is 57.6 Å². The quantitative estimate of drug-likeness (QED) is 0.934. The number of aliphatic carboxylic acids is 1. The van der Waals surface area contributed by atoms with Crippen molar-refractivity contribution in [1.82, 2.24) is 4.90 Å². The summed E-state index contributed by atoms with van der Waals surface area (Å²) in [7, 11) is 0. The lowest BCUT2D eigenvalue weighted by Gasteiger charge is -2.32. The molecule has 1 saturated heterocycles. The summed E-state index contributed by atoms with van der Waals surface area (Å²) in [5.41, 5.74) is 2.72. The van der Waals surface area contributed by atoms with Gasteiger partial charge in [0.1, 0.15) is 0 Å². The normalized spacial score (nSPS) is 22.2. The highest BCUT2D eigenvalue weighted by atomic mass is 16.4. The predicted octanol–water partition coefficient (Wildman–Crippen LogP) is 2.82. The van der Waals surface area contributed by atoms with Gasteiger partial charge in [-0.1, -0.05) is 24.3 Å². The van der Waals surface area contributed by atoms with Gasteiger partial charge in [-0.15, -0.1) is 0 Å². The van der Waals surface area contributed by atoms with Gasteiger partial charge in [0, 0.05) is 19.5 Å². The molecule has 1 N–H and O–H groups in total. The summed E-state index contributed by atoms with van der Waals surface area (Å²) in [6.07, 6.45) is 5.08. The van der Waals surface area contributed by atoms with Crippen molar-refractivity contribution < 1.29 is 14.7 Å². The summed E-state index contributed by atoms with van der Waals surface area (Å²) in [5, 5.41) is 9.03. The molecule has 4 nitrogen and oxygen atoms in total. The van der Waals surface area contributed by atoms with E-state index < -0.39 is 5.97 Å². The van der Waals surface area contributed by atoms with Crippen LogP contribution in [0.4, 0.5) is 0 Å². The fraction of sp³-hybridized carbons (Fsp3) is 0.556. The zero-order chi connectivity index (χ0) is 15.5. The molecule has 0 bridgehead atoms. The Balaban J connectivity index is 1.60. The van der Waals surface area contributed by atoms with E-state index in [0.29, 0.717) is 38.3 Å². The Hall–Kier alpha value is -1.84. The van der Waals surface area contributed by atoms with Crippen molar-refractivity contribution in [2.24, 2.45) is 5.92 Å². The summed E-state index contributed by atoms with van der Waals surface area (Å²) in [5.74, 6) is -0.493. The number of carboxylic acid groups (broad SMARTS) is 1.